The van der Waals surface area contributed by atoms with Gasteiger partial charge in [0.1, 0.15) is 11.5 Å². The lowest BCUT2D eigenvalue weighted by atomic mass is 10.2. The fourth-order valence-corrected chi connectivity index (χ4v) is 2.68. The number of benzene rings is 1. The first-order chi connectivity index (χ1) is 11.3. The average Bonchev–Trinajstić information content (AvgIpc) is 2.89. The summed E-state index contributed by atoms with van der Waals surface area (Å²) < 4.78 is 23.0. The van der Waals surface area contributed by atoms with Gasteiger partial charge in [0.15, 0.2) is 0 Å². The van der Waals surface area contributed by atoms with Crippen LogP contribution in [0.15, 0.2) is 24.4 Å². The smallest absolute Gasteiger partial charge is 0.284 e. The second-order valence-corrected chi connectivity index (χ2v) is 6.38. The maximum atomic E-state index is 11.7. The van der Waals surface area contributed by atoms with Gasteiger partial charge in [0, 0.05) is 30.5 Å². The maximum absolute atomic E-state index is 11.7. The molecule has 0 aliphatic carbocycles. The van der Waals surface area contributed by atoms with Crippen molar-refractivity contribution in [1.29, 1.82) is 0 Å². The number of carbonyl (C=O) groups excluding carboxylic acids is 1. The van der Waals surface area contributed by atoms with Gasteiger partial charge in [-0.2, -0.15) is 0 Å². The molecule has 2 rings (SSSR count). The lowest BCUT2D eigenvalue weighted by Gasteiger charge is -2.18. The molecule has 2 aromatic rings. The summed E-state index contributed by atoms with van der Waals surface area (Å²) in [5.74, 6) is -0.0987. The molecule has 1 heterocycles. The maximum Gasteiger partial charge on any atom is 0.284 e. The number of amides is 1. The fraction of sp³-hybridized carbons (Fsp3) is 0.333. The van der Waals surface area contributed by atoms with Crippen molar-refractivity contribution in [3.63, 3.8) is 0 Å². The topological polar surface area (TPSA) is 87.5 Å². The molecule has 0 saturated carbocycles. The van der Waals surface area contributed by atoms with E-state index in [1.165, 1.54) is 6.20 Å². The lowest BCUT2D eigenvalue weighted by Crippen LogP contribution is -2.25. The van der Waals surface area contributed by atoms with Gasteiger partial charge in [-0.15, -0.1) is 0 Å². The molecule has 1 aromatic carbocycles. The molecule has 0 radical (unpaired) electrons. The molecule has 130 valence electrons. The summed E-state index contributed by atoms with van der Waals surface area (Å²) in [6.45, 7) is 5.13. The molecule has 0 saturated heterocycles. The summed E-state index contributed by atoms with van der Waals surface area (Å²) in [7, 11) is 1.99. The molecule has 0 fully saturated rings. The van der Waals surface area contributed by atoms with E-state index < -0.39 is 17.2 Å². The van der Waals surface area contributed by atoms with E-state index in [0.717, 1.165) is 17.8 Å². The first kappa shape index (κ1) is 18.4. The normalized spacial score (nSPS) is 12.0. The Morgan fingerprint density at radius 2 is 2.21 bits per heavy atom. The molecule has 1 aromatic heterocycles. The Morgan fingerprint density at radius 3 is 2.79 bits per heavy atom. The fourth-order valence-electron chi connectivity index (χ4n) is 2.18. The van der Waals surface area contributed by atoms with Crippen molar-refractivity contribution in [2.24, 2.45) is 0 Å². The van der Waals surface area contributed by atoms with Crippen LogP contribution in [0.2, 0.25) is 5.02 Å². The van der Waals surface area contributed by atoms with Gasteiger partial charge in [-0.25, -0.2) is 13.9 Å². The standard InChI is InChI=1S/C15H19ClN4O3S/c1-4-19(3)12-6-5-11(13(16)7-12)8-20-9-14(17-10(20)2)15(21)18-24(22)23/h5-7,9H,4,8H2,1-3H3,(H,18,21)(H,22,23). The Morgan fingerprint density at radius 1 is 1.50 bits per heavy atom. The highest BCUT2D eigenvalue weighted by Crippen LogP contribution is 2.24. The van der Waals surface area contributed by atoms with Gasteiger partial charge in [0.05, 0.1) is 6.54 Å². The zero-order valence-corrected chi connectivity index (χ0v) is 15.2. The number of rotatable bonds is 6. The van der Waals surface area contributed by atoms with Gasteiger partial charge < -0.3 is 9.47 Å². The monoisotopic (exact) mass is 370 g/mol. The summed E-state index contributed by atoms with van der Waals surface area (Å²) in [6.07, 6.45) is 1.53. The van der Waals surface area contributed by atoms with E-state index in [9.17, 15) is 9.00 Å². The van der Waals surface area contributed by atoms with Crippen LogP contribution in [0, 0.1) is 6.92 Å². The van der Waals surface area contributed by atoms with E-state index in [4.69, 9.17) is 16.2 Å². The predicted molar refractivity (Wildman–Crippen MR) is 94.7 cm³/mol. The highest BCUT2D eigenvalue weighted by atomic mass is 35.5. The minimum Gasteiger partial charge on any atom is -0.375 e. The molecule has 24 heavy (non-hydrogen) atoms. The largest absolute Gasteiger partial charge is 0.375 e. The van der Waals surface area contributed by atoms with E-state index in [1.54, 1.807) is 11.5 Å². The molecular formula is C15H19ClN4O3S. The van der Waals surface area contributed by atoms with Crippen LogP contribution in [0.5, 0.6) is 0 Å². The lowest BCUT2D eigenvalue weighted by molar-refractivity contribution is 0.0976. The molecule has 0 spiro atoms. The van der Waals surface area contributed by atoms with Crippen molar-refractivity contribution in [3.8, 4) is 0 Å². The molecule has 2 N–H and O–H groups in total. The second kappa shape index (κ2) is 7.78. The summed E-state index contributed by atoms with van der Waals surface area (Å²) in [5, 5.41) is 0.628. The second-order valence-electron chi connectivity index (χ2n) is 5.27. The van der Waals surface area contributed by atoms with Crippen LogP contribution in [0.4, 0.5) is 5.69 Å². The van der Waals surface area contributed by atoms with E-state index in [2.05, 4.69) is 16.8 Å². The van der Waals surface area contributed by atoms with E-state index in [-0.39, 0.29) is 5.69 Å². The van der Waals surface area contributed by atoms with Gasteiger partial charge in [0.25, 0.3) is 17.2 Å². The molecule has 7 nitrogen and oxygen atoms in total. The number of nitrogens with one attached hydrogen (secondary N) is 1. The first-order valence-electron chi connectivity index (χ1n) is 7.27. The third kappa shape index (κ3) is 4.34. The quantitative estimate of drug-likeness (QED) is 0.761. The van der Waals surface area contributed by atoms with Gasteiger partial charge >= 0.3 is 0 Å². The highest BCUT2D eigenvalue weighted by Gasteiger charge is 2.14. The van der Waals surface area contributed by atoms with Crippen LogP contribution in [-0.4, -0.2) is 37.8 Å². The minimum atomic E-state index is -2.42. The number of halogens is 1. The number of hydrogen-bond acceptors (Lipinski definition) is 4. The number of imidazole rings is 1. The zero-order valence-electron chi connectivity index (χ0n) is 13.6. The van der Waals surface area contributed by atoms with Gasteiger partial charge in [-0.1, -0.05) is 17.7 Å². The summed E-state index contributed by atoms with van der Waals surface area (Å²) >= 11 is 3.94. The Labute approximate surface area is 148 Å². The molecule has 1 unspecified atom stereocenters. The number of nitrogens with zero attached hydrogens (tertiary/aromatic N) is 3. The Kier molecular flexibility index (Phi) is 5.98. The summed E-state index contributed by atoms with van der Waals surface area (Å²) in [4.78, 5) is 17.9. The van der Waals surface area contributed by atoms with Gasteiger partial charge in [0.2, 0.25) is 0 Å². The first-order valence-corrected chi connectivity index (χ1v) is 8.75. The van der Waals surface area contributed by atoms with Crippen molar-refractivity contribution < 1.29 is 13.6 Å². The molecular weight excluding hydrogens is 352 g/mol. The minimum absolute atomic E-state index is 0.0772. The highest BCUT2D eigenvalue weighted by molar-refractivity contribution is 7.77. The van der Waals surface area contributed by atoms with E-state index in [1.807, 2.05) is 30.0 Å². The molecule has 0 aliphatic rings. The van der Waals surface area contributed by atoms with E-state index in [0.29, 0.717) is 17.4 Å². The van der Waals surface area contributed by atoms with Crippen LogP contribution in [0.3, 0.4) is 0 Å². The van der Waals surface area contributed by atoms with E-state index >= 15 is 0 Å². The molecule has 9 heteroatoms. The molecule has 1 atom stereocenters. The SMILES string of the molecule is CCN(C)c1ccc(Cn2cc(C(=O)NS(=O)O)nc2C)c(Cl)c1. The van der Waals surface area contributed by atoms with Crippen LogP contribution in [0.1, 0.15) is 28.8 Å². The Bertz CT molecular complexity index is 778. The van der Waals surface area contributed by atoms with Crippen molar-refractivity contribution in [2.45, 2.75) is 20.4 Å². The third-order valence-corrected chi connectivity index (χ3v) is 4.39. The molecule has 0 bridgehead atoms. The third-order valence-electron chi connectivity index (χ3n) is 3.68. The van der Waals surface area contributed by atoms with Crippen molar-refractivity contribution in [2.75, 3.05) is 18.5 Å². The number of carbonyl (C=O) groups is 1. The number of anilines is 1. The van der Waals surface area contributed by atoms with Crippen molar-refractivity contribution in [3.05, 3.63) is 46.5 Å². The predicted octanol–water partition coefficient (Wildman–Crippen LogP) is 2.22. The van der Waals surface area contributed by atoms with Crippen molar-refractivity contribution in [1.82, 2.24) is 14.3 Å². The van der Waals surface area contributed by atoms with Crippen LogP contribution < -0.4 is 9.62 Å². The van der Waals surface area contributed by atoms with Gasteiger partial charge in [-0.3, -0.25) is 9.35 Å². The number of hydrogen-bond donors (Lipinski definition) is 2. The van der Waals surface area contributed by atoms with Crippen LogP contribution in [-0.2, 0) is 17.8 Å². The number of aryl methyl sites for hydroxylation is 1. The molecule has 1 amide bonds. The zero-order chi connectivity index (χ0) is 17.9. The summed E-state index contributed by atoms with van der Waals surface area (Å²) in [6, 6.07) is 5.82. The van der Waals surface area contributed by atoms with Crippen LogP contribution in [0.25, 0.3) is 0 Å². The van der Waals surface area contributed by atoms with Crippen LogP contribution >= 0.6 is 11.6 Å². The number of aromatic nitrogens is 2. The van der Waals surface area contributed by atoms with Gasteiger partial charge in [-0.05, 0) is 31.5 Å². The Balaban J connectivity index is 2.21. The molecule has 0 aliphatic heterocycles. The average molecular weight is 371 g/mol. The summed E-state index contributed by atoms with van der Waals surface area (Å²) in [5.41, 5.74) is 2.00. The Hall–Kier alpha value is -1.90. The van der Waals surface area contributed by atoms with Crippen molar-refractivity contribution >= 4 is 34.5 Å².